The smallest absolute Gasteiger partial charge is 0.150 e. The van der Waals surface area contributed by atoms with E-state index in [9.17, 15) is 0 Å². The van der Waals surface area contributed by atoms with Crippen molar-refractivity contribution >= 4 is 17.4 Å². The number of imidazole rings is 1. The summed E-state index contributed by atoms with van der Waals surface area (Å²) in [7, 11) is 1.57. The number of hydrogen-bond donors (Lipinski definition) is 2. The number of anilines is 1. The Morgan fingerprint density at radius 3 is 2.74 bits per heavy atom. The van der Waals surface area contributed by atoms with Crippen LogP contribution >= 0.6 is 11.6 Å². The fourth-order valence-corrected chi connectivity index (χ4v) is 2.18. The largest absolute Gasteiger partial charge is 0.495 e. The lowest BCUT2D eigenvalue weighted by atomic mass is 10.1. The number of nitrogens with zero attached hydrogens (tertiary/aromatic N) is 2. The minimum atomic E-state index is 0.435. The molecule has 0 saturated heterocycles. The number of nitrogen functional groups attached to an aromatic ring is 2. The summed E-state index contributed by atoms with van der Waals surface area (Å²) in [6, 6.07) is 5.42. The first-order valence-electron chi connectivity index (χ1n) is 6.04. The maximum atomic E-state index is 6.11. The van der Waals surface area contributed by atoms with Crippen molar-refractivity contribution in [2.24, 2.45) is 0 Å². The average molecular weight is 281 g/mol. The number of ether oxygens (including phenoxy) is 1. The van der Waals surface area contributed by atoms with Crippen LogP contribution in [-0.4, -0.2) is 16.8 Å². The van der Waals surface area contributed by atoms with Crippen molar-refractivity contribution in [3.05, 3.63) is 29.0 Å². The summed E-state index contributed by atoms with van der Waals surface area (Å²) < 4.78 is 6.55. The molecule has 0 fully saturated rings. The Bertz CT molecular complexity index is 595. The van der Waals surface area contributed by atoms with Gasteiger partial charge in [-0.2, -0.15) is 0 Å². The summed E-state index contributed by atoms with van der Waals surface area (Å²) in [6.07, 6.45) is 1.74. The second-order valence-corrected chi connectivity index (χ2v) is 4.64. The van der Waals surface area contributed by atoms with Gasteiger partial charge >= 0.3 is 0 Å². The molecule has 0 unspecified atom stereocenters. The second-order valence-electron chi connectivity index (χ2n) is 4.23. The van der Waals surface area contributed by atoms with Crippen LogP contribution in [0.25, 0.3) is 11.3 Å². The molecule has 0 aliphatic carbocycles. The van der Waals surface area contributed by atoms with Crippen molar-refractivity contribution in [3.63, 3.8) is 0 Å². The molecule has 0 spiro atoms. The molecule has 0 atom stereocenters. The molecular formula is C13H17ClN4O. The van der Waals surface area contributed by atoms with Crippen molar-refractivity contribution in [2.75, 3.05) is 18.7 Å². The maximum Gasteiger partial charge on any atom is 0.150 e. The van der Waals surface area contributed by atoms with Crippen LogP contribution in [0.4, 0.5) is 5.82 Å². The van der Waals surface area contributed by atoms with Crippen molar-refractivity contribution in [1.82, 2.24) is 9.66 Å². The Hall–Kier alpha value is -1.88. The van der Waals surface area contributed by atoms with E-state index in [0.717, 1.165) is 24.2 Å². The van der Waals surface area contributed by atoms with Crippen LogP contribution in [-0.2, 0) is 6.42 Å². The molecule has 0 saturated carbocycles. The molecule has 1 aromatic carbocycles. The molecule has 1 aromatic heterocycles. The second kappa shape index (κ2) is 5.40. The highest BCUT2D eigenvalue weighted by atomic mass is 35.5. The Morgan fingerprint density at radius 2 is 2.16 bits per heavy atom. The van der Waals surface area contributed by atoms with Gasteiger partial charge in [0, 0.05) is 12.0 Å². The Kier molecular flexibility index (Phi) is 3.85. The Morgan fingerprint density at radius 1 is 1.42 bits per heavy atom. The van der Waals surface area contributed by atoms with E-state index in [1.807, 2.05) is 6.07 Å². The number of benzene rings is 1. The lowest BCUT2D eigenvalue weighted by Gasteiger charge is -2.05. The van der Waals surface area contributed by atoms with E-state index < -0.39 is 0 Å². The number of aryl methyl sites for hydroxylation is 1. The predicted octanol–water partition coefficient (Wildman–Crippen LogP) is 2.46. The van der Waals surface area contributed by atoms with Gasteiger partial charge < -0.3 is 16.3 Å². The topological polar surface area (TPSA) is 79.1 Å². The van der Waals surface area contributed by atoms with Gasteiger partial charge in [-0.25, -0.2) is 9.66 Å². The third-order valence-corrected chi connectivity index (χ3v) is 3.22. The number of methoxy groups -OCH3 is 1. The molecule has 0 radical (unpaired) electrons. The molecule has 6 heteroatoms. The Balaban J connectivity index is 2.47. The minimum absolute atomic E-state index is 0.435. The lowest BCUT2D eigenvalue weighted by molar-refractivity contribution is 0.415. The van der Waals surface area contributed by atoms with E-state index >= 15 is 0 Å². The molecule has 102 valence electrons. The fourth-order valence-electron chi connectivity index (χ4n) is 1.92. The zero-order chi connectivity index (χ0) is 14.0. The monoisotopic (exact) mass is 280 g/mol. The first-order chi connectivity index (χ1) is 9.08. The number of halogens is 1. The lowest BCUT2D eigenvalue weighted by Crippen LogP contribution is -2.15. The number of nitrogens with two attached hydrogens (primary N) is 2. The third kappa shape index (κ3) is 2.46. The van der Waals surface area contributed by atoms with Gasteiger partial charge in [-0.15, -0.1) is 0 Å². The predicted molar refractivity (Wildman–Crippen MR) is 77.8 cm³/mol. The van der Waals surface area contributed by atoms with Gasteiger partial charge in [-0.05, 0) is 24.6 Å². The van der Waals surface area contributed by atoms with Gasteiger partial charge in [0.15, 0.2) is 5.82 Å². The molecule has 0 aliphatic rings. The van der Waals surface area contributed by atoms with E-state index in [1.54, 1.807) is 19.2 Å². The fraction of sp³-hybridized carbons (Fsp3) is 0.308. The summed E-state index contributed by atoms with van der Waals surface area (Å²) in [5.41, 5.74) is 7.46. The van der Waals surface area contributed by atoms with Crippen molar-refractivity contribution in [1.29, 1.82) is 0 Å². The minimum Gasteiger partial charge on any atom is -0.495 e. The zero-order valence-electron chi connectivity index (χ0n) is 11.0. The molecule has 19 heavy (non-hydrogen) atoms. The highest BCUT2D eigenvalue weighted by Gasteiger charge is 2.15. The zero-order valence-corrected chi connectivity index (χ0v) is 11.7. The number of rotatable bonds is 4. The summed E-state index contributed by atoms with van der Waals surface area (Å²) in [4.78, 5) is 4.48. The first kappa shape index (κ1) is 13.5. The van der Waals surface area contributed by atoms with Gasteiger partial charge in [0.1, 0.15) is 17.3 Å². The van der Waals surface area contributed by atoms with E-state index in [0.29, 0.717) is 22.3 Å². The van der Waals surface area contributed by atoms with Gasteiger partial charge in [0.05, 0.1) is 12.1 Å². The molecular weight excluding hydrogens is 264 g/mol. The third-order valence-electron chi connectivity index (χ3n) is 2.92. The van der Waals surface area contributed by atoms with Crippen LogP contribution < -0.4 is 16.3 Å². The van der Waals surface area contributed by atoms with Crippen LogP contribution in [0.3, 0.4) is 0 Å². The maximum absolute atomic E-state index is 6.11. The number of hydrogen-bond acceptors (Lipinski definition) is 4. The number of aromatic nitrogens is 2. The summed E-state index contributed by atoms with van der Waals surface area (Å²) in [6.45, 7) is 2.06. The summed E-state index contributed by atoms with van der Waals surface area (Å²) >= 11 is 6.11. The summed E-state index contributed by atoms with van der Waals surface area (Å²) in [5.74, 6) is 7.71. The molecule has 0 bridgehead atoms. The van der Waals surface area contributed by atoms with Gasteiger partial charge in [-0.3, -0.25) is 0 Å². The van der Waals surface area contributed by atoms with Crippen LogP contribution in [0.2, 0.25) is 5.02 Å². The van der Waals surface area contributed by atoms with Crippen molar-refractivity contribution < 1.29 is 4.74 Å². The van der Waals surface area contributed by atoms with E-state index in [1.165, 1.54) is 4.68 Å². The van der Waals surface area contributed by atoms with E-state index in [2.05, 4.69) is 11.9 Å². The highest BCUT2D eigenvalue weighted by Crippen LogP contribution is 2.32. The van der Waals surface area contributed by atoms with Crippen molar-refractivity contribution in [3.8, 4) is 17.0 Å². The highest BCUT2D eigenvalue weighted by molar-refractivity contribution is 6.32. The summed E-state index contributed by atoms with van der Waals surface area (Å²) in [5, 5.41) is 0.517. The molecule has 0 amide bonds. The molecule has 5 nitrogen and oxygen atoms in total. The van der Waals surface area contributed by atoms with Gasteiger partial charge in [-0.1, -0.05) is 18.5 Å². The quantitative estimate of drug-likeness (QED) is 0.843. The molecule has 0 aliphatic heterocycles. The van der Waals surface area contributed by atoms with Crippen LogP contribution in [0.15, 0.2) is 18.2 Å². The van der Waals surface area contributed by atoms with Gasteiger partial charge in [0.2, 0.25) is 0 Å². The molecule has 4 N–H and O–H groups in total. The molecule has 1 heterocycles. The van der Waals surface area contributed by atoms with Crippen LogP contribution in [0.1, 0.15) is 19.2 Å². The SMILES string of the molecule is CCCc1nc(-c2ccc(OC)c(Cl)c2)c(N)n1N. The average Bonchev–Trinajstić information content (AvgIpc) is 2.67. The normalized spacial score (nSPS) is 10.7. The Labute approximate surface area is 117 Å². The molecule has 2 rings (SSSR count). The first-order valence-corrected chi connectivity index (χ1v) is 6.42. The van der Waals surface area contributed by atoms with Crippen LogP contribution in [0, 0.1) is 0 Å². The van der Waals surface area contributed by atoms with E-state index in [4.69, 9.17) is 27.9 Å². The van der Waals surface area contributed by atoms with E-state index in [-0.39, 0.29) is 0 Å². The standard InChI is InChI=1S/C13H17ClN4O/c1-3-4-11-17-12(13(15)18(11)16)8-5-6-10(19-2)9(14)7-8/h5-7H,3-4,15-16H2,1-2H3. The molecule has 2 aromatic rings. The van der Waals surface area contributed by atoms with Crippen molar-refractivity contribution in [2.45, 2.75) is 19.8 Å². The van der Waals surface area contributed by atoms with Gasteiger partial charge in [0.25, 0.3) is 0 Å². The van der Waals surface area contributed by atoms with Crippen LogP contribution in [0.5, 0.6) is 5.75 Å².